The maximum Gasteiger partial charge on any atom is 0.224 e. The maximum absolute atomic E-state index is 14.5. The zero-order valence-electron chi connectivity index (χ0n) is 14.0. The molecule has 0 bridgehead atoms. The summed E-state index contributed by atoms with van der Waals surface area (Å²) in [6, 6.07) is 9.01. The van der Waals surface area contributed by atoms with Crippen LogP contribution < -0.4 is 10.6 Å². The van der Waals surface area contributed by atoms with Crippen molar-refractivity contribution in [3.63, 3.8) is 0 Å². The predicted octanol–water partition coefficient (Wildman–Crippen LogP) is 3.88. The average Bonchev–Trinajstić information content (AvgIpc) is 3.10. The van der Waals surface area contributed by atoms with Crippen LogP contribution in [-0.4, -0.2) is 22.4 Å². The molecule has 0 spiro atoms. The Kier molecular flexibility index (Phi) is 4.62. The molecule has 1 amide bonds. The molecule has 1 aromatic carbocycles. The number of fused-ring (bicyclic) bond motifs is 1. The van der Waals surface area contributed by atoms with Gasteiger partial charge in [0.2, 0.25) is 5.91 Å². The summed E-state index contributed by atoms with van der Waals surface area (Å²) in [5, 5.41) is 8.57. The number of pyridine rings is 1. The molecule has 0 saturated heterocycles. The van der Waals surface area contributed by atoms with Gasteiger partial charge in [-0.15, -0.1) is 11.3 Å². The molecule has 5 nitrogen and oxygen atoms in total. The first kappa shape index (κ1) is 16.7. The Bertz CT molecular complexity index is 942. The summed E-state index contributed by atoms with van der Waals surface area (Å²) in [7, 11) is 0. The van der Waals surface area contributed by atoms with E-state index in [-0.39, 0.29) is 11.7 Å². The van der Waals surface area contributed by atoms with Gasteiger partial charge in [-0.3, -0.25) is 9.78 Å². The van der Waals surface area contributed by atoms with Gasteiger partial charge in [0.25, 0.3) is 0 Å². The molecule has 3 aromatic rings. The Morgan fingerprint density at radius 2 is 2.19 bits per heavy atom. The standard InChI is InChI=1S/C19H17FN4OS/c20-15-10-16-12(4-5-18(25)23-16)9-14(15)17-11-26-19(24-17)22-8-6-13-3-1-2-7-21-13/h1-3,7,9-11H,4-6,8H2,(H,22,24)(H,23,25). The number of anilines is 2. The number of carbonyl (C=O) groups is 1. The van der Waals surface area contributed by atoms with Gasteiger partial charge in [-0.05, 0) is 36.2 Å². The van der Waals surface area contributed by atoms with Gasteiger partial charge in [0, 0.05) is 47.9 Å². The number of thiazole rings is 1. The highest BCUT2D eigenvalue weighted by atomic mass is 32.1. The third-order valence-corrected chi connectivity index (χ3v) is 5.05. The molecular formula is C19H17FN4OS. The SMILES string of the molecule is O=C1CCc2cc(-c3csc(NCCc4ccccn4)n3)c(F)cc2N1. The molecule has 26 heavy (non-hydrogen) atoms. The van der Waals surface area contributed by atoms with Gasteiger partial charge in [-0.25, -0.2) is 9.37 Å². The molecular weight excluding hydrogens is 351 g/mol. The van der Waals surface area contributed by atoms with Crippen molar-refractivity contribution >= 4 is 28.1 Å². The van der Waals surface area contributed by atoms with Crippen LogP contribution in [0.4, 0.5) is 15.2 Å². The summed E-state index contributed by atoms with van der Waals surface area (Å²) in [5.74, 6) is -0.450. The first-order chi connectivity index (χ1) is 12.7. The topological polar surface area (TPSA) is 66.9 Å². The van der Waals surface area contributed by atoms with Crippen LogP contribution in [0, 0.1) is 5.82 Å². The van der Waals surface area contributed by atoms with Crippen LogP contribution in [0.25, 0.3) is 11.3 Å². The Hall–Kier alpha value is -2.80. The second kappa shape index (κ2) is 7.21. The molecule has 0 aliphatic carbocycles. The number of aromatic nitrogens is 2. The number of nitrogens with one attached hydrogen (secondary N) is 2. The minimum Gasteiger partial charge on any atom is -0.361 e. The van der Waals surface area contributed by atoms with E-state index in [1.54, 1.807) is 12.3 Å². The first-order valence-corrected chi connectivity index (χ1v) is 9.29. The van der Waals surface area contributed by atoms with Crippen molar-refractivity contribution in [3.8, 4) is 11.3 Å². The van der Waals surface area contributed by atoms with Gasteiger partial charge in [0.05, 0.1) is 5.69 Å². The lowest BCUT2D eigenvalue weighted by Crippen LogP contribution is -2.19. The van der Waals surface area contributed by atoms with Gasteiger partial charge in [0.15, 0.2) is 5.13 Å². The number of rotatable bonds is 5. The summed E-state index contributed by atoms with van der Waals surface area (Å²) < 4.78 is 14.5. The van der Waals surface area contributed by atoms with Gasteiger partial charge >= 0.3 is 0 Å². The highest BCUT2D eigenvalue weighted by Crippen LogP contribution is 2.33. The van der Waals surface area contributed by atoms with E-state index in [4.69, 9.17) is 0 Å². The summed E-state index contributed by atoms with van der Waals surface area (Å²) >= 11 is 1.45. The number of nitrogens with zero attached hydrogens (tertiary/aromatic N) is 2. The number of aryl methyl sites for hydroxylation is 1. The van der Waals surface area contributed by atoms with Gasteiger partial charge in [-0.2, -0.15) is 0 Å². The van der Waals surface area contributed by atoms with Crippen molar-refractivity contribution in [2.45, 2.75) is 19.3 Å². The van der Waals surface area contributed by atoms with Crippen molar-refractivity contribution in [1.82, 2.24) is 9.97 Å². The van der Waals surface area contributed by atoms with Crippen LogP contribution in [0.15, 0.2) is 41.9 Å². The van der Waals surface area contributed by atoms with Crippen molar-refractivity contribution < 1.29 is 9.18 Å². The third-order valence-electron chi connectivity index (χ3n) is 4.25. The molecule has 2 N–H and O–H groups in total. The summed E-state index contributed by atoms with van der Waals surface area (Å²) in [5.41, 5.74) is 3.59. The lowest BCUT2D eigenvalue weighted by Gasteiger charge is -2.17. The highest BCUT2D eigenvalue weighted by Gasteiger charge is 2.19. The third kappa shape index (κ3) is 3.57. The highest BCUT2D eigenvalue weighted by molar-refractivity contribution is 7.14. The predicted molar refractivity (Wildman–Crippen MR) is 101 cm³/mol. The molecule has 0 saturated carbocycles. The molecule has 3 heterocycles. The van der Waals surface area contributed by atoms with E-state index < -0.39 is 0 Å². The van der Waals surface area contributed by atoms with Crippen LogP contribution in [0.5, 0.6) is 0 Å². The Morgan fingerprint density at radius 1 is 1.27 bits per heavy atom. The lowest BCUT2D eigenvalue weighted by atomic mass is 9.99. The number of carbonyl (C=O) groups excluding carboxylic acids is 1. The number of benzene rings is 1. The molecule has 0 atom stereocenters. The molecule has 0 radical (unpaired) electrons. The van der Waals surface area contributed by atoms with E-state index in [9.17, 15) is 9.18 Å². The fourth-order valence-electron chi connectivity index (χ4n) is 2.92. The molecule has 0 unspecified atom stereocenters. The smallest absolute Gasteiger partial charge is 0.224 e. The maximum atomic E-state index is 14.5. The van der Waals surface area contributed by atoms with Crippen LogP contribution in [0.1, 0.15) is 17.7 Å². The Morgan fingerprint density at radius 3 is 3.04 bits per heavy atom. The van der Waals surface area contributed by atoms with Gasteiger partial charge in [0.1, 0.15) is 5.82 Å². The van der Waals surface area contributed by atoms with E-state index in [1.807, 2.05) is 23.6 Å². The molecule has 4 rings (SSSR count). The van der Waals surface area contributed by atoms with Crippen molar-refractivity contribution in [1.29, 1.82) is 0 Å². The second-order valence-corrected chi connectivity index (χ2v) is 6.93. The summed E-state index contributed by atoms with van der Waals surface area (Å²) in [6.45, 7) is 0.711. The van der Waals surface area contributed by atoms with Crippen LogP contribution in [-0.2, 0) is 17.6 Å². The van der Waals surface area contributed by atoms with Crippen molar-refractivity contribution in [2.75, 3.05) is 17.2 Å². The zero-order chi connectivity index (χ0) is 17.9. The summed E-state index contributed by atoms with van der Waals surface area (Å²) in [6.07, 6.45) is 3.62. The monoisotopic (exact) mass is 368 g/mol. The minimum absolute atomic E-state index is 0.0716. The van der Waals surface area contributed by atoms with Gasteiger partial charge < -0.3 is 10.6 Å². The average molecular weight is 368 g/mol. The van der Waals surface area contributed by atoms with Crippen LogP contribution in [0.3, 0.4) is 0 Å². The van der Waals surface area contributed by atoms with E-state index in [0.29, 0.717) is 36.3 Å². The number of hydrogen-bond donors (Lipinski definition) is 2. The lowest BCUT2D eigenvalue weighted by molar-refractivity contribution is -0.116. The van der Waals surface area contributed by atoms with Crippen molar-refractivity contribution in [3.05, 3.63) is 59.0 Å². The number of halogens is 1. The Balaban J connectivity index is 1.47. The first-order valence-electron chi connectivity index (χ1n) is 8.41. The fourth-order valence-corrected chi connectivity index (χ4v) is 3.66. The molecule has 1 aliphatic heterocycles. The fraction of sp³-hybridized carbons (Fsp3) is 0.211. The quantitative estimate of drug-likeness (QED) is 0.717. The molecule has 0 fully saturated rings. The van der Waals surface area contributed by atoms with Crippen molar-refractivity contribution in [2.24, 2.45) is 0 Å². The van der Waals surface area contributed by atoms with Crippen LogP contribution in [0.2, 0.25) is 0 Å². The molecule has 2 aromatic heterocycles. The Labute approximate surface area is 154 Å². The van der Waals surface area contributed by atoms with Gasteiger partial charge in [-0.1, -0.05) is 6.07 Å². The zero-order valence-corrected chi connectivity index (χ0v) is 14.8. The molecule has 1 aliphatic rings. The normalized spacial score (nSPS) is 13.2. The number of amides is 1. The van der Waals surface area contributed by atoms with E-state index >= 15 is 0 Å². The largest absolute Gasteiger partial charge is 0.361 e. The van der Waals surface area contributed by atoms with Crippen LogP contribution >= 0.6 is 11.3 Å². The van der Waals surface area contributed by atoms with E-state index in [1.165, 1.54) is 17.4 Å². The molecule has 7 heteroatoms. The van der Waals surface area contributed by atoms with E-state index in [0.717, 1.165) is 22.8 Å². The number of hydrogen-bond acceptors (Lipinski definition) is 5. The molecule has 132 valence electrons. The minimum atomic E-state index is -0.378. The second-order valence-electron chi connectivity index (χ2n) is 6.07. The van der Waals surface area contributed by atoms with E-state index in [2.05, 4.69) is 20.6 Å². The summed E-state index contributed by atoms with van der Waals surface area (Å²) in [4.78, 5) is 20.2.